The van der Waals surface area contributed by atoms with E-state index in [0.29, 0.717) is 4.90 Å². The van der Waals surface area contributed by atoms with Gasteiger partial charge in [-0.25, -0.2) is 12.7 Å². The highest BCUT2D eigenvalue weighted by Crippen LogP contribution is 2.26. The van der Waals surface area contributed by atoms with Crippen LogP contribution >= 0.6 is 0 Å². The van der Waals surface area contributed by atoms with Gasteiger partial charge in [0.25, 0.3) is 0 Å². The van der Waals surface area contributed by atoms with Gasteiger partial charge in [0, 0.05) is 32.9 Å². The zero-order chi connectivity index (χ0) is 15.5. The number of benzene rings is 1. The van der Waals surface area contributed by atoms with Crippen LogP contribution in [0.15, 0.2) is 29.2 Å². The number of anilines is 1. The number of hydrogen-bond donors (Lipinski definition) is 2. The summed E-state index contributed by atoms with van der Waals surface area (Å²) < 4.78 is 25.2. The molecule has 1 atom stereocenters. The summed E-state index contributed by atoms with van der Waals surface area (Å²) in [7, 11) is -0.265. The van der Waals surface area contributed by atoms with E-state index in [2.05, 4.69) is 17.6 Å². The smallest absolute Gasteiger partial charge is 0.242 e. The first-order valence-corrected chi connectivity index (χ1v) is 8.75. The summed E-state index contributed by atoms with van der Waals surface area (Å²) in [6.07, 6.45) is 2.41. The minimum atomic E-state index is -3.35. The van der Waals surface area contributed by atoms with Gasteiger partial charge in [0.1, 0.15) is 0 Å². The monoisotopic (exact) mass is 311 g/mol. The molecule has 118 valence electrons. The molecule has 0 bridgehead atoms. The van der Waals surface area contributed by atoms with Gasteiger partial charge in [0.05, 0.1) is 4.90 Å². The lowest BCUT2D eigenvalue weighted by atomic mass is 9.83. The van der Waals surface area contributed by atoms with Crippen molar-refractivity contribution in [1.29, 1.82) is 0 Å². The van der Waals surface area contributed by atoms with Crippen molar-refractivity contribution >= 4 is 15.7 Å². The normalized spacial score (nSPS) is 23.2. The lowest BCUT2D eigenvalue weighted by Gasteiger charge is -2.34. The number of nitrogens with zero attached hydrogens (tertiary/aromatic N) is 1. The Kier molecular flexibility index (Phi) is 4.91. The number of sulfonamides is 1. The van der Waals surface area contributed by atoms with Gasteiger partial charge < -0.3 is 10.6 Å². The number of rotatable bonds is 5. The third-order valence-corrected chi connectivity index (χ3v) is 5.87. The molecule has 0 saturated carbocycles. The second kappa shape index (κ2) is 6.34. The van der Waals surface area contributed by atoms with E-state index < -0.39 is 10.0 Å². The van der Waals surface area contributed by atoms with E-state index in [0.717, 1.165) is 25.3 Å². The van der Waals surface area contributed by atoms with E-state index >= 15 is 0 Å². The largest absolute Gasteiger partial charge is 0.384 e. The maximum Gasteiger partial charge on any atom is 0.242 e. The van der Waals surface area contributed by atoms with Crippen LogP contribution in [0.2, 0.25) is 0 Å². The Morgan fingerprint density at radius 3 is 2.48 bits per heavy atom. The lowest BCUT2D eigenvalue weighted by Crippen LogP contribution is -2.42. The molecule has 0 aliphatic carbocycles. The standard InChI is InChI=1S/C15H25N3O2S/c1-15(9-4-10-16-11-15)12-17-13-5-7-14(8-6-13)21(19,20)18(2)3/h5-8,16-17H,4,9-12H2,1-3H3. The summed E-state index contributed by atoms with van der Waals surface area (Å²) in [5.74, 6) is 0. The van der Waals surface area contributed by atoms with E-state index in [4.69, 9.17) is 0 Å². The van der Waals surface area contributed by atoms with Crippen LogP contribution in [0.3, 0.4) is 0 Å². The SMILES string of the molecule is CN(C)S(=O)(=O)c1ccc(NCC2(C)CCCNC2)cc1. The second-order valence-corrected chi connectivity index (χ2v) is 8.41. The molecular weight excluding hydrogens is 286 g/mol. The quantitative estimate of drug-likeness (QED) is 0.869. The van der Waals surface area contributed by atoms with E-state index in [1.807, 2.05) is 12.1 Å². The van der Waals surface area contributed by atoms with Crippen LogP contribution in [0.4, 0.5) is 5.69 Å². The molecule has 1 unspecified atom stereocenters. The van der Waals surface area contributed by atoms with Crippen molar-refractivity contribution in [2.24, 2.45) is 5.41 Å². The molecule has 1 saturated heterocycles. The summed E-state index contributed by atoms with van der Waals surface area (Å²) in [6, 6.07) is 6.96. The van der Waals surface area contributed by atoms with Crippen molar-refractivity contribution in [3.63, 3.8) is 0 Å². The number of hydrogen-bond acceptors (Lipinski definition) is 4. The summed E-state index contributed by atoms with van der Waals surface area (Å²) in [5.41, 5.74) is 1.21. The van der Waals surface area contributed by atoms with Crippen LogP contribution in [0.1, 0.15) is 19.8 Å². The average molecular weight is 311 g/mol. The predicted octanol–water partition coefficient (Wildman–Crippen LogP) is 1.74. The van der Waals surface area contributed by atoms with Gasteiger partial charge in [-0.05, 0) is 49.1 Å². The second-order valence-electron chi connectivity index (χ2n) is 6.26. The zero-order valence-electron chi connectivity index (χ0n) is 13.0. The predicted molar refractivity (Wildman–Crippen MR) is 86.0 cm³/mol. The fourth-order valence-corrected chi connectivity index (χ4v) is 3.44. The van der Waals surface area contributed by atoms with Crippen LogP contribution in [-0.2, 0) is 10.0 Å². The minimum absolute atomic E-state index is 0.257. The van der Waals surface area contributed by atoms with Crippen molar-refractivity contribution in [2.45, 2.75) is 24.7 Å². The molecule has 1 aliphatic heterocycles. The van der Waals surface area contributed by atoms with E-state index in [1.165, 1.54) is 17.1 Å². The molecule has 1 aromatic rings. The minimum Gasteiger partial charge on any atom is -0.384 e. The summed E-state index contributed by atoms with van der Waals surface area (Å²) in [5, 5.41) is 6.84. The molecule has 5 nitrogen and oxygen atoms in total. The van der Waals surface area contributed by atoms with Crippen molar-refractivity contribution in [1.82, 2.24) is 9.62 Å². The van der Waals surface area contributed by atoms with Crippen molar-refractivity contribution in [2.75, 3.05) is 39.0 Å². The topological polar surface area (TPSA) is 61.4 Å². The van der Waals surface area contributed by atoms with Gasteiger partial charge in [-0.15, -0.1) is 0 Å². The van der Waals surface area contributed by atoms with Crippen LogP contribution < -0.4 is 10.6 Å². The highest BCUT2D eigenvalue weighted by atomic mass is 32.2. The van der Waals surface area contributed by atoms with Gasteiger partial charge in [0.2, 0.25) is 10.0 Å². The number of piperidine rings is 1. The highest BCUT2D eigenvalue weighted by molar-refractivity contribution is 7.89. The maximum absolute atomic E-state index is 12.0. The van der Waals surface area contributed by atoms with Gasteiger partial charge in [-0.1, -0.05) is 6.92 Å². The molecule has 1 aromatic carbocycles. The van der Waals surface area contributed by atoms with E-state index in [9.17, 15) is 8.42 Å². The van der Waals surface area contributed by atoms with E-state index in [1.54, 1.807) is 26.2 Å². The highest BCUT2D eigenvalue weighted by Gasteiger charge is 2.26. The Balaban J connectivity index is 2.00. The fraction of sp³-hybridized carbons (Fsp3) is 0.600. The molecule has 0 spiro atoms. The van der Waals surface area contributed by atoms with Crippen molar-refractivity contribution < 1.29 is 8.42 Å². The molecule has 21 heavy (non-hydrogen) atoms. The molecule has 1 heterocycles. The summed E-state index contributed by atoms with van der Waals surface area (Å²) in [6.45, 7) is 5.29. The molecule has 2 N–H and O–H groups in total. The first-order chi connectivity index (χ1) is 9.83. The van der Waals surface area contributed by atoms with Crippen LogP contribution in [-0.4, -0.2) is 46.5 Å². The molecule has 0 aromatic heterocycles. The van der Waals surface area contributed by atoms with Gasteiger partial charge in [-0.2, -0.15) is 0 Å². The van der Waals surface area contributed by atoms with Gasteiger partial charge in [-0.3, -0.25) is 0 Å². The van der Waals surface area contributed by atoms with Crippen LogP contribution in [0.5, 0.6) is 0 Å². The molecule has 1 aliphatic rings. The molecule has 0 amide bonds. The van der Waals surface area contributed by atoms with Gasteiger partial charge in [0.15, 0.2) is 0 Å². The summed E-state index contributed by atoms with van der Waals surface area (Å²) >= 11 is 0. The Hall–Kier alpha value is -1.11. The first-order valence-electron chi connectivity index (χ1n) is 7.31. The lowest BCUT2D eigenvalue weighted by molar-refractivity contribution is 0.253. The van der Waals surface area contributed by atoms with Crippen molar-refractivity contribution in [3.8, 4) is 0 Å². The van der Waals surface area contributed by atoms with Crippen LogP contribution in [0.25, 0.3) is 0 Å². The van der Waals surface area contributed by atoms with Crippen LogP contribution in [0, 0.1) is 5.41 Å². The van der Waals surface area contributed by atoms with E-state index in [-0.39, 0.29) is 5.41 Å². The Morgan fingerprint density at radius 2 is 1.95 bits per heavy atom. The Morgan fingerprint density at radius 1 is 1.29 bits per heavy atom. The molecule has 2 rings (SSSR count). The molecule has 6 heteroatoms. The molecule has 0 radical (unpaired) electrons. The average Bonchev–Trinajstić information content (AvgIpc) is 2.46. The first kappa shape index (κ1) is 16.3. The molecular formula is C15H25N3O2S. The molecule has 1 fully saturated rings. The Labute approximate surface area is 127 Å². The number of nitrogens with one attached hydrogen (secondary N) is 2. The zero-order valence-corrected chi connectivity index (χ0v) is 13.8. The fourth-order valence-electron chi connectivity index (χ4n) is 2.54. The van der Waals surface area contributed by atoms with Crippen molar-refractivity contribution in [3.05, 3.63) is 24.3 Å². The maximum atomic E-state index is 12.0. The third kappa shape index (κ3) is 3.96. The summed E-state index contributed by atoms with van der Waals surface area (Å²) in [4.78, 5) is 0.323. The third-order valence-electron chi connectivity index (χ3n) is 4.04. The van der Waals surface area contributed by atoms with Gasteiger partial charge >= 0.3 is 0 Å². The Bertz CT molecular complexity index is 561.